The van der Waals surface area contributed by atoms with Crippen LogP contribution in [-0.2, 0) is 12.8 Å². The molecule has 1 heterocycles. The average Bonchev–Trinajstić information content (AvgIpc) is 3.32. The van der Waals surface area contributed by atoms with Gasteiger partial charge in [-0.25, -0.2) is 0 Å². The molecule has 2 aliphatic carbocycles. The minimum atomic E-state index is 0.384. The van der Waals surface area contributed by atoms with Gasteiger partial charge in [-0.15, -0.1) is 0 Å². The van der Waals surface area contributed by atoms with Crippen molar-refractivity contribution < 1.29 is 0 Å². The normalized spacial score (nSPS) is 34.8. The van der Waals surface area contributed by atoms with Crippen LogP contribution in [0.1, 0.15) is 37.3 Å². The number of nitrogens with one attached hydrogen (secondary N) is 1. The van der Waals surface area contributed by atoms with Crippen molar-refractivity contribution in [1.82, 2.24) is 10.2 Å². The molecule has 3 aliphatic rings. The Hall–Kier alpha value is -0.860. The maximum absolute atomic E-state index is 3.80. The summed E-state index contributed by atoms with van der Waals surface area (Å²) in [7, 11) is 0. The number of hydrogen-bond acceptors (Lipinski definition) is 2. The number of benzene rings is 1. The number of fused-ring (bicyclic) bond motifs is 1. The van der Waals surface area contributed by atoms with Crippen molar-refractivity contribution in [3.05, 3.63) is 35.4 Å². The third-order valence-electron chi connectivity index (χ3n) is 5.78. The molecule has 1 saturated carbocycles. The van der Waals surface area contributed by atoms with Crippen LogP contribution in [0.4, 0.5) is 0 Å². The van der Waals surface area contributed by atoms with Crippen LogP contribution in [0.5, 0.6) is 0 Å². The predicted octanol–water partition coefficient (Wildman–Crippen LogP) is 2.62. The molecule has 2 fully saturated rings. The molecule has 0 amide bonds. The van der Waals surface area contributed by atoms with Crippen molar-refractivity contribution in [1.29, 1.82) is 0 Å². The van der Waals surface area contributed by atoms with Gasteiger partial charge in [-0.05, 0) is 56.1 Å². The molecule has 20 heavy (non-hydrogen) atoms. The summed E-state index contributed by atoms with van der Waals surface area (Å²) in [6.07, 6.45) is 6.75. The van der Waals surface area contributed by atoms with Gasteiger partial charge in [0.2, 0.25) is 0 Å². The molecular formula is C18H26N2. The molecule has 1 aliphatic heterocycles. The molecular weight excluding hydrogens is 244 g/mol. The molecule has 0 radical (unpaired) electrons. The van der Waals surface area contributed by atoms with Crippen LogP contribution < -0.4 is 5.32 Å². The van der Waals surface area contributed by atoms with E-state index in [0.717, 1.165) is 12.0 Å². The van der Waals surface area contributed by atoms with E-state index in [9.17, 15) is 0 Å². The van der Waals surface area contributed by atoms with Gasteiger partial charge in [0, 0.05) is 31.2 Å². The standard InChI is InChI=1S/C18H26N2/c1-18(16-7-8-16)13-20(11-10-19-18)17-9-6-14-4-2-3-5-15(14)12-17/h2-5,16-17,19H,6-13H2,1H3. The predicted molar refractivity (Wildman–Crippen MR) is 83.0 cm³/mol. The number of hydrogen-bond donors (Lipinski definition) is 1. The Morgan fingerprint density at radius 3 is 2.75 bits per heavy atom. The fraction of sp³-hybridized carbons (Fsp3) is 0.667. The van der Waals surface area contributed by atoms with Gasteiger partial charge in [0.1, 0.15) is 0 Å². The lowest BCUT2D eigenvalue weighted by Crippen LogP contribution is -2.62. The topological polar surface area (TPSA) is 15.3 Å². The molecule has 0 bridgehead atoms. The van der Waals surface area contributed by atoms with Crippen molar-refractivity contribution >= 4 is 0 Å². The fourth-order valence-corrected chi connectivity index (χ4v) is 4.34. The summed E-state index contributed by atoms with van der Waals surface area (Å²) in [4.78, 5) is 2.78. The molecule has 0 spiro atoms. The highest BCUT2D eigenvalue weighted by atomic mass is 15.2. The van der Waals surface area contributed by atoms with Crippen molar-refractivity contribution in [2.45, 2.75) is 50.6 Å². The van der Waals surface area contributed by atoms with E-state index in [2.05, 4.69) is 41.4 Å². The number of rotatable bonds is 2. The second kappa shape index (κ2) is 4.85. The van der Waals surface area contributed by atoms with E-state index < -0.39 is 0 Å². The minimum absolute atomic E-state index is 0.384. The Balaban J connectivity index is 1.48. The lowest BCUT2D eigenvalue weighted by molar-refractivity contribution is 0.0815. The fourth-order valence-electron chi connectivity index (χ4n) is 4.34. The van der Waals surface area contributed by atoms with Crippen LogP contribution >= 0.6 is 0 Å². The molecule has 108 valence electrons. The largest absolute Gasteiger partial charge is 0.309 e. The van der Waals surface area contributed by atoms with Gasteiger partial charge in [-0.3, -0.25) is 4.90 Å². The molecule has 0 aromatic heterocycles. The Morgan fingerprint density at radius 1 is 1.15 bits per heavy atom. The van der Waals surface area contributed by atoms with Crippen LogP contribution in [0.3, 0.4) is 0 Å². The Bertz CT molecular complexity index is 494. The van der Waals surface area contributed by atoms with E-state index in [1.54, 1.807) is 11.1 Å². The summed E-state index contributed by atoms with van der Waals surface area (Å²) in [5, 5.41) is 3.80. The molecule has 1 aromatic carbocycles. The van der Waals surface area contributed by atoms with Gasteiger partial charge in [0.25, 0.3) is 0 Å². The van der Waals surface area contributed by atoms with Gasteiger partial charge in [-0.1, -0.05) is 24.3 Å². The van der Waals surface area contributed by atoms with E-state index in [0.29, 0.717) is 5.54 Å². The molecule has 1 N–H and O–H groups in total. The van der Waals surface area contributed by atoms with E-state index >= 15 is 0 Å². The molecule has 4 rings (SSSR count). The third-order valence-corrected chi connectivity index (χ3v) is 5.78. The maximum Gasteiger partial charge on any atom is 0.0309 e. The Kier molecular flexibility index (Phi) is 3.12. The lowest BCUT2D eigenvalue weighted by Gasteiger charge is -2.46. The molecule has 1 saturated heterocycles. The van der Waals surface area contributed by atoms with Crippen LogP contribution in [0.2, 0.25) is 0 Å². The van der Waals surface area contributed by atoms with Crippen molar-refractivity contribution in [3.63, 3.8) is 0 Å². The SMILES string of the molecule is CC1(C2CC2)CN(C2CCc3ccccc3C2)CCN1. The van der Waals surface area contributed by atoms with E-state index in [-0.39, 0.29) is 0 Å². The van der Waals surface area contributed by atoms with Crippen LogP contribution in [0.15, 0.2) is 24.3 Å². The second-order valence-corrected chi connectivity index (χ2v) is 7.25. The monoisotopic (exact) mass is 270 g/mol. The van der Waals surface area contributed by atoms with Gasteiger partial charge in [-0.2, -0.15) is 0 Å². The van der Waals surface area contributed by atoms with E-state index in [1.807, 2.05) is 0 Å². The first-order chi connectivity index (χ1) is 9.74. The Labute approximate surface area is 122 Å². The van der Waals surface area contributed by atoms with Gasteiger partial charge < -0.3 is 5.32 Å². The zero-order valence-electron chi connectivity index (χ0n) is 12.6. The second-order valence-electron chi connectivity index (χ2n) is 7.25. The summed E-state index contributed by atoms with van der Waals surface area (Å²) in [5.41, 5.74) is 3.56. The van der Waals surface area contributed by atoms with Crippen LogP contribution in [-0.4, -0.2) is 36.1 Å². The van der Waals surface area contributed by atoms with Crippen molar-refractivity contribution in [2.24, 2.45) is 5.92 Å². The van der Waals surface area contributed by atoms with Crippen molar-refractivity contribution in [3.8, 4) is 0 Å². The first-order valence-electron chi connectivity index (χ1n) is 8.30. The highest BCUT2D eigenvalue weighted by Gasteiger charge is 2.44. The van der Waals surface area contributed by atoms with Crippen molar-refractivity contribution in [2.75, 3.05) is 19.6 Å². The molecule has 1 aromatic rings. The van der Waals surface area contributed by atoms with Crippen LogP contribution in [0.25, 0.3) is 0 Å². The van der Waals surface area contributed by atoms with Gasteiger partial charge in [0.15, 0.2) is 0 Å². The highest BCUT2D eigenvalue weighted by Crippen LogP contribution is 2.41. The molecule has 2 atom stereocenters. The summed E-state index contributed by atoms with van der Waals surface area (Å²) in [5.74, 6) is 0.932. The summed E-state index contributed by atoms with van der Waals surface area (Å²) >= 11 is 0. The zero-order chi connectivity index (χ0) is 13.6. The Morgan fingerprint density at radius 2 is 1.95 bits per heavy atom. The smallest absolute Gasteiger partial charge is 0.0309 e. The highest BCUT2D eigenvalue weighted by molar-refractivity contribution is 5.30. The molecule has 2 nitrogen and oxygen atoms in total. The number of piperazine rings is 1. The molecule has 2 unspecified atom stereocenters. The number of aryl methyl sites for hydroxylation is 1. The third kappa shape index (κ3) is 2.29. The lowest BCUT2D eigenvalue weighted by atomic mass is 9.85. The minimum Gasteiger partial charge on any atom is -0.309 e. The summed E-state index contributed by atoms with van der Waals surface area (Å²) in [6.45, 7) is 6.11. The van der Waals surface area contributed by atoms with Gasteiger partial charge >= 0.3 is 0 Å². The zero-order valence-corrected chi connectivity index (χ0v) is 12.6. The quantitative estimate of drug-likeness (QED) is 0.889. The van der Waals surface area contributed by atoms with Crippen LogP contribution in [0, 0.1) is 5.92 Å². The summed E-state index contributed by atoms with van der Waals surface area (Å²) < 4.78 is 0. The first-order valence-corrected chi connectivity index (χ1v) is 8.30. The molecule has 2 heteroatoms. The average molecular weight is 270 g/mol. The number of nitrogens with zero attached hydrogens (tertiary/aromatic N) is 1. The van der Waals surface area contributed by atoms with Gasteiger partial charge in [0.05, 0.1) is 0 Å². The van der Waals surface area contributed by atoms with E-state index in [4.69, 9.17) is 0 Å². The van der Waals surface area contributed by atoms with E-state index in [1.165, 1.54) is 51.7 Å². The maximum atomic E-state index is 3.80. The first kappa shape index (κ1) is 12.8. The summed E-state index contributed by atoms with van der Waals surface area (Å²) in [6, 6.07) is 9.81.